The molecule has 0 aliphatic carbocycles. The van der Waals surface area contributed by atoms with Crippen molar-refractivity contribution in [3.8, 4) is 0 Å². The van der Waals surface area contributed by atoms with E-state index in [-0.39, 0.29) is 23.3 Å². The highest BCUT2D eigenvalue weighted by Gasteiger charge is 2.32. The summed E-state index contributed by atoms with van der Waals surface area (Å²) in [4.78, 5) is 39.5. The molecule has 0 unspecified atom stereocenters. The van der Waals surface area contributed by atoms with E-state index in [0.717, 1.165) is 22.3 Å². The van der Waals surface area contributed by atoms with Gasteiger partial charge in [-0.15, -0.1) is 11.8 Å². The second-order valence-electron chi connectivity index (χ2n) is 10.3. The van der Waals surface area contributed by atoms with Crippen molar-refractivity contribution in [1.82, 2.24) is 10.2 Å². The van der Waals surface area contributed by atoms with Gasteiger partial charge < -0.3 is 10.2 Å². The number of benzene rings is 3. The summed E-state index contributed by atoms with van der Waals surface area (Å²) < 4.78 is 0. The van der Waals surface area contributed by atoms with E-state index < -0.39 is 16.5 Å². The number of nitro benzene ring substituents is 1. The van der Waals surface area contributed by atoms with Crippen LogP contribution in [0.25, 0.3) is 0 Å². The molecule has 3 rings (SSSR count). The Bertz CT molecular complexity index is 1240. The minimum Gasteiger partial charge on any atom is -0.350 e. The Morgan fingerprint density at radius 1 is 0.947 bits per heavy atom. The van der Waals surface area contributed by atoms with E-state index >= 15 is 0 Å². The third kappa shape index (κ3) is 8.73. The molecular formula is C30H35N3O4S. The highest BCUT2D eigenvalue weighted by molar-refractivity contribution is 7.99. The molecule has 38 heavy (non-hydrogen) atoms. The van der Waals surface area contributed by atoms with Crippen LogP contribution < -0.4 is 5.32 Å². The van der Waals surface area contributed by atoms with Gasteiger partial charge in [-0.2, -0.15) is 0 Å². The van der Waals surface area contributed by atoms with Crippen molar-refractivity contribution in [3.63, 3.8) is 0 Å². The molecule has 7 nitrogen and oxygen atoms in total. The number of hydrogen-bond donors (Lipinski definition) is 1. The van der Waals surface area contributed by atoms with Gasteiger partial charge in [0.1, 0.15) is 6.04 Å². The summed E-state index contributed by atoms with van der Waals surface area (Å²) in [6.45, 7) is 8.11. The van der Waals surface area contributed by atoms with Gasteiger partial charge in [0, 0.05) is 36.4 Å². The minimum atomic E-state index is -0.691. The molecule has 0 spiro atoms. The lowest BCUT2D eigenvalue weighted by molar-refractivity contribution is -0.384. The van der Waals surface area contributed by atoms with Crippen molar-refractivity contribution in [3.05, 3.63) is 111 Å². The van der Waals surface area contributed by atoms with E-state index in [1.807, 2.05) is 82.3 Å². The lowest BCUT2D eigenvalue weighted by Crippen LogP contribution is -2.54. The molecule has 0 aromatic heterocycles. The second-order valence-corrected chi connectivity index (χ2v) is 11.3. The Labute approximate surface area is 228 Å². The van der Waals surface area contributed by atoms with E-state index in [0.29, 0.717) is 18.7 Å². The first-order valence-corrected chi connectivity index (χ1v) is 13.7. The number of aryl methyl sites for hydroxylation is 1. The average molecular weight is 534 g/mol. The third-order valence-electron chi connectivity index (χ3n) is 6.01. The molecule has 3 aromatic carbocycles. The molecule has 0 radical (unpaired) electrons. The fourth-order valence-electron chi connectivity index (χ4n) is 4.03. The second kappa shape index (κ2) is 13.2. The summed E-state index contributed by atoms with van der Waals surface area (Å²) >= 11 is 1.43. The van der Waals surface area contributed by atoms with Crippen LogP contribution >= 0.6 is 11.8 Å². The quantitative estimate of drug-likeness (QED) is 0.252. The van der Waals surface area contributed by atoms with Crippen LogP contribution in [0, 0.1) is 17.0 Å². The van der Waals surface area contributed by atoms with Crippen molar-refractivity contribution >= 4 is 29.3 Å². The Morgan fingerprint density at radius 2 is 1.58 bits per heavy atom. The SMILES string of the molecule is Cc1ccccc1CN(C(=O)CSCc1ccc([N+](=O)[O-])cc1)[C@H](Cc1ccccc1)C(=O)NC(C)(C)C. The van der Waals surface area contributed by atoms with Crippen LogP contribution in [0.5, 0.6) is 0 Å². The van der Waals surface area contributed by atoms with E-state index in [2.05, 4.69) is 5.32 Å². The Balaban J connectivity index is 1.85. The maximum Gasteiger partial charge on any atom is 0.269 e. The van der Waals surface area contributed by atoms with Crippen LogP contribution in [0.2, 0.25) is 0 Å². The van der Waals surface area contributed by atoms with Gasteiger partial charge in [-0.05, 0) is 49.9 Å². The van der Waals surface area contributed by atoms with Gasteiger partial charge in [-0.25, -0.2) is 0 Å². The molecule has 0 saturated carbocycles. The number of amides is 2. The Kier molecular flexibility index (Phi) is 10.1. The zero-order valence-corrected chi connectivity index (χ0v) is 23.2. The van der Waals surface area contributed by atoms with Crippen LogP contribution in [0.1, 0.15) is 43.0 Å². The van der Waals surface area contributed by atoms with Crippen LogP contribution in [0.4, 0.5) is 5.69 Å². The lowest BCUT2D eigenvalue weighted by Gasteiger charge is -2.34. The number of hydrogen-bond acceptors (Lipinski definition) is 5. The lowest BCUT2D eigenvalue weighted by atomic mass is 10.00. The first-order valence-electron chi connectivity index (χ1n) is 12.5. The number of carbonyl (C=O) groups excluding carboxylic acids is 2. The first kappa shape index (κ1) is 28.9. The van der Waals surface area contributed by atoms with E-state index in [4.69, 9.17) is 0 Å². The standard InChI is InChI=1S/C30H35N3O4S/c1-22-10-8-9-13-25(22)19-32(28(34)21-38-20-24-14-16-26(17-15-24)33(36)37)27(29(35)31-30(2,3)4)18-23-11-6-5-7-12-23/h5-17,27H,18-21H2,1-4H3,(H,31,35)/t27-/m1/s1. The minimum absolute atomic E-state index is 0.0350. The Morgan fingerprint density at radius 3 is 2.18 bits per heavy atom. The van der Waals surface area contributed by atoms with Crippen molar-refractivity contribution < 1.29 is 14.5 Å². The number of thioether (sulfide) groups is 1. The smallest absolute Gasteiger partial charge is 0.269 e. The van der Waals surface area contributed by atoms with Crippen molar-refractivity contribution in [2.45, 2.75) is 58.0 Å². The summed E-state index contributed by atoms with van der Waals surface area (Å²) in [5.41, 5.74) is 3.50. The summed E-state index contributed by atoms with van der Waals surface area (Å²) in [7, 11) is 0. The summed E-state index contributed by atoms with van der Waals surface area (Å²) in [5.74, 6) is 0.380. The number of carbonyl (C=O) groups is 2. The molecular weight excluding hydrogens is 498 g/mol. The van der Waals surface area contributed by atoms with Crippen LogP contribution in [-0.4, -0.2) is 39.0 Å². The maximum atomic E-state index is 13.7. The highest BCUT2D eigenvalue weighted by Crippen LogP contribution is 2.21. The zero-order chi connectivity index (χ0) is 27.7. The summed E-state index contributed by atoms with van der Waals surface area (Å²) in [5, 5.41) is 14.0. The molecule has 2 amide bonds. The van der Waals surface area contributed by atoms with Crippen molar-refractivity contribution in [2.75, 3.05) is 5.75 Å². The van der Waals surface area contributed by atoms with Crippen molar-refractivity contribution in [1.29, 1.82) is 0 Å². The molecule has 1 N–H and O–H groups in total. The van der Waals surface area contributed by atoms with Gasteiger partial charge in [0.15, 0.2) is 0 Å². The van der Waals surface area contributed by atoms with E-state index in [1.165, 1.54) is 23.9 Å². The Hall–Kier alpha value is -3.65. The number of rotatable bonds is 11. The van der Waals surface area contributed by atoms with E-state index in [1.54, 1.807) is 17.0 Å². The molecule has 8 heteroatoms. The van der Waals surface area contributed by atoms with Crippen molar-refractivity contribution in [2.24, 2.45) is 0 Å². The largest absolute Gasteiger partial charge is 0.350 e. The topological polar surface area (TPSA) is 92.6 Å². The molecule has 0 aliphatic heterocycles. The fourth-order valence-corrected chi connectivity index (χ4v) is 4.90. The molecule has 0 bridgehead atoms. The highest BCUT2D eigenvalue weighted by atomic mass is 32.2. The number of non-ortho nitro benzene ring substituents is 1. The van der Waals surface area contributed by atoms with Gasteiger partial charge in [-0.3, -0.25) is 19.7 Å². The van der Waals surface area contributed by atoms with Crippen LogP contribution in [0.15, 0.2) is 78.9 Å². The third-order valence-corrected chi connectivity index (χ3v) is 7.00. The summed E-state index contributed by atoms with van der Waals surface area (Å²) in [6.07, 6.45) is 0.396. The summed E-state index contributed by atoms with van der Waals surface area (Å²) in [6, 6.07) is 23.3. The number of nitrogens with zero attached hydrogens (tertiary/aromatic N) is 2. The molecule has 3 aromatic rings. The monoisotopic (exact) mass is 533 g/mol. The molecule has 0 saturated heterocycles. The van der Waals surface area contributed by atoms with Gasteiger partial charge in [-0.1, -0.05) is 66.7 Å². The molecule has 0 heterocycles. The normalized spacial score (nSPS) is 12.0. The molecule has 0 aliphatic rings. The van der Waals surface area contributed by atoms with Gasteiger partial charge >= 0.3 is 0 Å². The number of nitrogens with one attached hydrogen (secondary N) is 1. The fraction of sp³-hybridized carbons (Fsp3) is 0.333. The predicted molar refractivity (Wildman–Crippen MR) is 153 cm³/mol. The molecule has 1 atom stereocenters. The van der Waals surface area contributed by atoms with Gasteiger partial charge in [0.05, 0.1) is 10.7 Å². The van der Waals surface area contributed by atoms with Gasteiger partial charge in [0.25, 0.3) is 5.69 Å². The van der Waals surface area contributed by atoms with Crippen LogP contribution in [-0.2, 0) is 28.3 Å². The molecule has 200 valence electrons. The molecule has 0 fully saturated rings. The predicted octanol–water partition coefficient (Wildman–Crippen LogP) is 5.69. The maximum absolute atomic E-state index is 13.7. The van der Waals surface area contributed by atoms with E-state index in [9.17, 15) is 19.7 Å². The van der Waals surface area contributed by atoms with Gasteiger partial charge in [0.2, 0.25) is 11.8 Å². The average Bonchev–Trinajstić information content (AvgIpc) is 2.87. The first-order chi connectivity index (χ1) is 18.0. The zero-order valence-electron chi connectivity index (χ0n) is 22.3. The van der Waals surface area contributed by atoms with Crippen LogP contribution in [0.3, 0.4) is 0 Å². The number of nitro groups is 1.